The van der Waals surface area contributed by atoms with E-state index in [2.05, 4.69) is 28.3 Å². The number of aryl methyl sites for hydroxylation is 1. The second kappa shape index (κ2) is 8.38. The zero-order valence-corrected chi connectivity index (χ0v) is 17.7. The molecule has 1 saturated heterocycles. The van der Waals surface area contributed by atoms with Gasteiger partial charge >= 0.3 is 0 Å². The molecule has 0 saturated carbocycles. The maximum Gasteiger partial charge on any atom is 0.242 e. The van der Waals surface area contributed by atoms with Crippen LogP contribution in [0.4, 0.5) is 0 Å². The number of carbonyl (C=O) groups excluding carboxylic acids is 1. The minimum absolute atomic E-state index is 0.164. The van der Waals surface area contributed by atoms with E-state index in [0.717, 1.165) is 48.0 Å². The van der Waals surface area contributed by atoms with Gasteiger partial charge < -0.3 is 14.0 Å². The van der Waals surface area contributed by atoms with E-state index in [9.17, 15) is 4.79 Å². The molecule has 6 heteroatoms. The van der Waals surface area contributed by atoms with E-state index in [1.807, 2.05) is 59.0 Å². The Balaban J connectivity index is 1.23. The molecule has 0 aliphatic carbocycles. The van der Waals surface area contributed by atoms with Gasteiger partial charge in [-0.05, 0) is 48.8 Å². The first kappa shape index (κ1) is 19.5. The van der Waals surface area contributed by atoms with Crippen LogP contribution in [-0.2, 0) is 17.8 Å². The summed E-state index contributed by atoms with van der Waals surface area (Å²) in [6, 6.07) is 18.3. The van der Waals surface area contributed by atoms with Crippen LogP contribution < -0.4 is 0 Å². The molecule has 4 aromatic rings. The van der Waals surface area contributed by atoms with Crippen LogP contribution in [0.3, 0.4) is 0 Å². The standard InChI is InChI=1S/C25H26N4O2/c1-18-7-2-4-10-21(18)25-26-23(31-27-25)15-19-8-6-13-29(16-19)24(30)17-28-14-12-20-9-3-5-11-22(20)28/h2-5,7,9-12,14,19H,6,8,13,15-17H2,1H3. The van der Waals surface area contributed by atoms with Crippen molar-refractivity contribution < 1.29 is 9.32 Å². The van der Waals surface area contributed by atoms with E-state index >= 15 is 0 Å². The maximum atomic E-state index is 13.0. The number of hydrogen-bond acceptors (Lipinski definition) is 4. The minimum Gasteiger partial charge on any atom is -0.341 e. The van der Waals surface area contributed by atoms with Crippen molar-refractivity contribution in [2.45, 2.75) is 32.7 Å². The van der Waals surface area contributed by atoms with Gasteiger partial charge in [-0.25, -0.2) is 0 Å². The fourth-order valence-corrected chi connectivity index (χ4v) is 4.50. The van der Waals surface area contributed by atoms with Gasteiger partial charge in [0.05, 0.1) is 0 Å². The van der Waals surface area contributed by atoms with E-state index < -0.39 is 0 Å². The SMILES string of the molecule is Cc1ccccc1-c1noc(CC2CCCN(C(=O)Cn3ccc4ccccc43)C2)n1. The van der Waals surface area contributed by atoms with Gasteiger partial charge in [-0.2, -0.15) is 4.98 Å². The number of amides is 1. The van der Waals surface area contributed by atoms with Gasteiger partial charge in [0, 0.05) is 36.8 Å². The van der Waals surface area contributed by atoms with Gasteiger partial charge in [0.25, 0.3) is 0 Å². The first-order valence-electron chi connectivity index (χ1n) is 10.9. The molecule has 31 heavy (non-hydrogen) atoms. The van der Waals surface area contributed by atoms with Crippen LogP contribution in [0, 0.1) is 12.8 Å². The van der Waals surface area contributed by atoms with Crippen molar-refractivity contribution in [3.8, 4) is 11.4 Å². The fraction of sp³-hybridized carbons (Fsp3) is 0.320. The quantitative estimate of drug-likeness (QED) is 0.483. The summed E-state index contributed by atoms with van der Waals surface area (Å²) in [5.74, 6) is 1.78. The Hall–Kier alpha value is -3.41. The summed E-state index contributed by atoms with van der Waals surface area (Å²) in [4.78, 5) is 19.6. The highest BCUT2D eigenvalue weighted by Gasteiger charge is 2.26. The van der Waals surface area contributed by atoms with Crippen LogP contribution in [0.25, 0.3) is 22.3 Å². The van der Waals surface area contributed by atoms with Crippen molar-refractivity contribution in [3.63, 3.8) is 0 Å². The zero-order chi connectivity index (χ0) is 21.2. The lowest BCUT2D eigenvalue weighted by molar-refractivity contribution is -0.133. The number of para-hydroxylation sites is 1. The molecule has 1 amide bonds. The van der Waals surface area contributed by atoms with Gasteiger partial charge in [0.15, 0.2) is 0 Å². The smallest absolute Gasteiger partial charge is 0.242 e. The molecule has 2 aromatic carbocycles. The zero-order valence-electron chi connectivity index (χ0n) is 17.7. The summed E-state index contributed by atoms with van der Waals surface area (Å²) in [6.45, 7) is 3.97. The summed E-state index contributed by atoms with van der Waals surface area (Å²) in [6.07, 6.45) is 4.77. The number of nitrogens with zero attached hydrogens (tertiary/aromatic N) is 4. The number of piperidine rings is 1. The number of rotatable bonds is 5. The van der Waals surface area contributed by atoms with Crippen molar-refractivity contribution in [1.82, 2.24) is 19.6 Å². The highest BCUT2D eigenvalue weighted by atomic mass is 16.5. The van der Waals surface area contributed by atoms with E-state index in [1.165, 1.54) is 0 Å². The molecular formula is C25H26N4O2. The van der Waals surface area contributed by atoms with Crippen molar-refractivity contribution in [3.05, 3.63) is 72.2 Å². The topological polar surface area (TPSA) is 64.2 Å². The highest BCUT2D eigenvalue weighted by molar-refractivity contribution is 5.83. The normalized spacial score (nSPS) is 16.7. The van der Waals surface area contributed by atoms with Gasteiger partial charge in [-0.1, -0.05) is 47.6 Å². The average Bonchev–Trinajstić information content (AvgIpc) is 3.42. The first-order chi connectivity index (χ1) is 15.2. The van der Waals surface area contributed by atoms with E-state index in [0.29, 0.717) is 30.6 Å². The number of aromatic nitrogens is 3. The molecule has 1 unspecified atom stereocenters. The molecule has 0 N–H and O–H groups in total. The highest BCUT2D eigenvalue weighted by Crippen LogP contribution is 2.24. The number of hydrogen-bond donors (Lipinski definition) is 0. The molecule has 1 aliphatic rings. The molecule has 3 heterocycles. The third-order valence-electron chi connectivity index (χ3n) is 6.17. The lowest BCUT2D eigenvalue weighted by Gasteiger charge is -2.32. The number of benzene rings is 2. The van der Waals surface area contributed by atoms with E-state index in [-0.39, 0.29) is 5.91 Å². The van der Waals surface area contributed by atoms with E-state index in [4.69, 9.17) is 4.52 Å². The van der Waals surface area contributed by atoms with Gasteiger partial charge in [0.2, 0.25) is 17.6 Å². The molecule has 6 nitrogen and oxygen atoms in total. The van der Waals surface area contributed by atoms with Crippen LogP contribution >= 0.6 is 0 Å². The molecular weight excluding hydrogens is 388 g/mol. The van der Waals surface area contributed by atoms with Gasteiger partial charge in [0.1, 0.15) is 6.54 Å². The van der Waals surface area contributed by atoms with Crippen LogP contribution in [-0.4, -0.2) is 38.6 Å². The van der Waals surface area contributed by atoms with Crippen LogP contribution in [0.5, 0.6) is 0 Å². The number of carbonyl (C=O) groups is 1. The van der Waals surface area contributed by atoms with E-state index in [1.54, 1.807) is 0 Å². The van der Waals surface area contributed by atoms with Gasteiger partial charge in [-0.15, -0.1) is 0 Å². The Kier molecular flexibility index (Phi) is 5.28. The number of fused-ring (bicyclic) bond motifs is 1. The Labute approximate surface area is 181 Å². The third kappa shape index (κ3) is 4.10. The van der Waals surface area contributed by atoms with Crippen LogP contribution in [0.2, 0.25) is 0 Å². The van der Waals surface area contributed by atoms with Crippen LogP contribution in [0.15, 0.2) is 65.3 Å². The van der Waals surface area contributed by atoms with Crippen molar-refractivity contribution >= 4 is 16.8 Å². The number of likely N-dealkylation sites (tertiary alicyclic amines) is 1. The Bertz CT molecular complexity index is 1210. The first-order valence-corrected chi connectivity index (χ1v) is 10.9. The van der Waals surface area contributed by atoms with Crippen molar-refractivity contribution in [1.29, 1.82) is 0 Å². The Morgan fingerprint density at radius 1 is 1.13 bits per heavy atom. The molecule has 0 radical (unpaired) electrons. The molecule has 158 valence electrons. The second-order valence-electron chi connectivity index (χ2n) is 8.38. The van der Waals surface area contributed by atoms with Crippen LogP contribution in [0.1, 0.15) is 24.3 Å². The largest absolute Gasteiger partial charge is 0.341 e. The molecule has 0 spiro atoms. The van der Waals surface area contributed by atoms with Gasteiger partial charge in [-0.3, -0.25) is 4.79 Å². The summed E-state index contributed by atoms with van der Waals surface area (Å²) >= 11 is 0. The lowest BCUT2D eigenvalue weighted by Crippen LogP contribution is -2.42. The second-order valence-corrected chi connectivity index (χ2v) is 8.38. The maximum absolute atomic E-state index is 13.0. The molecule has 2 aromatic heterocycles. The summed E-state index contributed by atoms with van der Waals surface area (Å²) in [5, 5.41) is 5.34. The predicted molar refractivity (Wildman–Crippen MR) is 119 cm³/mol. The molecule has 1 fully saturated rings. The minimum atomic E-state index is 0.164. The summed E-state index contributed by atoms with van der Waals surface area (Å²) in [5.41, 5.74) is 3.22. The lowest BCUT2D eigenvalue weighted by atomic mass is 9.94. The molecule has 0 bridgehead atoms. The Morgan fingerprint density at radius 2 is 1.97 bits per heavy atom. The monoisotopic (exact) mass is 414 g/mol. The summed E-state index contributed by atoms with van der Waals surface area (Å²) in [7, 11) is 0. The van der Waals surface area contributed by atoms with Crippen molar-refractivity contribution in [2.75, 3.05) is 13.1 Å². The van der Waals surface area contributed by atoms with Crippen molar-refractivity contribution in [2.24, 2.45) is 5.92 Å². The third-order valence-corrected chi connectivity index (χ3v) is 6.17. The molecule has 1 atom stereocenters. The predicted octanol–water partition coefficient (Wildman–Crippen LogP) is 4.48. The average molecular weight is 415 g/mol. The molecule has 5 rings (SSSR count). The summed E-state index contributed by atoms with van der Waals surface area (Å²) < 4.78 is 7.57. The Morgan fingerprint density at radius 3 is 2.87 bits per heavy atom. The fourth-order valence-electron chi connectivity index (χ4n) is 4.50. The molecule has 1 aliphatic heterocycles.